The maximum atomic E-state index is 13.9. The molecule has 4 aliphatic rings. The number of benzene rings is 2. The lowest BCUT2D eigenvalue weighted by Gasteiger charge is -2.48. The van der Waals surface area contributed by atoms with Crippen LogP contribution in [0.15, 0.2) is 18.2 Å². The first-order chi connectivity index (χ1) is 24.0. The molecule has 0 amide bonds. The number of methoxy groups -OCH3 is 1. The van der Waals surface area contributed by atoms with Crippen molar-refractivity contribution in [1.29, 1.82) is 0 Å². The molecule has 0 saturated carbocycles. The van der Waals surface area contributed by atoms with E-state index < -0.39 is 112 Å². The van der Waals surface area contributed by atoms with Gasteiger partial charge >= 0.3 is 5.97 Å². The van der Waals surface area contributed by atoms with E-state index in [-0.39, 0.29) is 48.4 Å². The molecule has 2 aromatic rings. The number of hydrogen-bond acceptors (Lipinski definition) is 15. The number of nitrogens with zero attached hydrogens (tertiary/aromatic N) is 1. The second-order valence-corrected chi connectivity index (χ2v) is 14.1. The van der Waals surface area contributed by atoms with Crippen LogP contribution in [0.5, 0.6) is 17.2 Å². The molecule has 11 atom stereocenters. The molecule has 278 valence electrons. The molecule has 6 N–H and O–H groups in total. The molecule has 6 rings (SSSR count). The van der Waals surface area contributed by atoms with Gasteiger partial charge in [-0.15, -0.1) is 0 Å². The van der Waals surface area contributed by atoms with Crippen molar-refractivity contribution in [2.24, 2.45) is 0 Å². The molecular formula is C36H45NO14. The Kier molecular flexibility index (Phi) is 9.97. The number of aromatic hydroxyl groups is 3. The predicted molar refractivity (Wildman–Crippen MR) is 175 cm³/mol. The zero-order valence-electron chi connectivity index (χ0n) is 29.2. The summed E-state index contributed by atoms with van der Waals surface area (Å²) >= 11 is 0. The summed E-state index contributed by atoms with van der Waals surface area (Å²) in [5, 5.41) is 65.4. The first kappa shape index (κ1) is 37.1. The Morgan fingerprint density at radius 1 is 0.941 bits per heavy atom. The number of phenols is 3. The van der Waals surface area contributed by atoms with Gasteiger partial charge in [-0.1, -0.05) is 6.92 Å². The van der Waals surface area contributed by atoms with E-state index in [2.05, 4.69) is 0 Å². The number of aliphatic hydroxyl groups excluding tert-OH is 2. The maximum absolute atomic E-state index is 13.9. The van der Waals surface area contributed by atoms with E-state index in [0.717, 1.165) is 19.2 Å². The van der Waals surface area contributed by atoms with E-state index in [1.165, 1.54) is 6.07 Å². The quantitative estimate of drug-likeness (QED) is 0.152. The van der Waals surface area contributed by atoms with Crippen molar-refractivity contribution in [3.8, 4) is 17.2 Å². The van der Waals surface area contributed by atoms with Gasteiger partial charge in [0.1, 0.15) is 35.4 Å². The molecule has 0 spiro atoms. The smallest absolute Gasteiger partial charge is 0.316 e. The standard InChI is InChI=1S/C36H45NO14/c1-7-36(46)13-22(50-23-11-18(37(4)5)34(15(3)49-23)51-24-12-21(40)30(41)14(2)48-24)25-16(29(36)35(45)47-6)10-17-26(32(25)43)33(44)28-20(39)9-8-19(38)27(28)31(17)42/h8-10,14-15,18,21-24,29-30,34,38-41,43,46H,7,11-13H2,1-6H3/t14?,15?,18?,21?,22-,23?,24?,29+,30?,34?,36+/m0/s1. The summed E-state index contributed by atoms with van der Waals surface area (Å²) < 4.78 is 30.0. The van der Waals surface area contributed by atoms with Crippen LogP contribution in [0.25, 0.3) is 0 Å². The molecular weight excluding hydrogens is 670 g/mol. The summed E-state index contributed by atoms with van der Waals surface area (Å²) in [5.41, 5.74) is -3.53. The van der Waals surface area contributed by atoms with Crippen molar-refractivity contribution >= 4 is 17.5 Å². The van der Waals surface area contributed by atoms with E-state index in [4.69, 9.17) is 23.7 Å². The van der Waals surface area contributed by atoms with Gasteiger partial charge in [-0.05, 0) is 58.1 Å². The first-order valence-corrected chi connectivity index (χ1v) is 17.0. The lowest BCUT2D eigenvalue weighted by atomic mass is 9.67. The van der Waals surface area contributed by atoms with Gasteiger partial charge in [-0.25, -0.2) is 0 Å². The average Bonchev–Trinajstić information content (AvgIpc) is 3.07. The summed E-state index contributed by atoms with van der Waals surface area (Å²) in [6.07, 6.45) is -6.80. The highest BCUT2D eigenvalue weighted by Crippen LogP contribution is 2.54. The Labute approximate surface area is 294 Å². The molecule has 2 aromatic carbocycles. The van der Waals surface area contributed by atoms with Crippen LogP contribution in [0.2, 0.25) is 0 Å². The minimum absolute atomic E-state index is 0.00137. The molecule has 15 heteroatoms. The van der Waals surface area contributed by atoms with Crippen LogP contribution in [0.1, 0.15) is 101 Å². The van der Waals surface area contributed by atoms with Crippen molar-refractivity contribution in [1.82, 2.24) is 4.90 Å². The second-order valence-electron chi connectivity index (χ2n) is 14.1. The molecule has 2 saturated heterocycles. The van der Waals surface area contributed by atoms with Crippen LogP contribution >= 0.6 is 0 Å². The third kappa shape index (κ3) is 6.18. The van der Waals surface area contributed by atoms with Gasteiger partial charge in [-0.2, -0.15) is 0 Å². The number of hydrogen-bond donors (Lipinski definition) is 6. The van der Waals surface area contributed by atoms with Gasteiger partial charge in [0.2, 0.25) is 5.78 Å². The van der Waals surface area contributed by atoms with Gasteiger partial charge in [0.25, 0.3) is 0 Å². The highest BCUT2D eigenvalue weighted by molar-refractivity contribution is 6.31. The van der Waals surface area contributed by atoms with E-state index in [0.29, 0.717) is 0 Å². The molecule has 51 heavy (non-hydrogen) atoms. The molecule has 8 unspecified atom stereocenters. The molecule has 2 heterocycles. The minimum atomic E-state index is -1.79. The SMILES string of the molecule is CC[C@@]1(O)C[C@H](OC2CC(N(C)C)C(OC3CC(O)C(O)C(C)O3)C(C)O2)c2c(cc3c(c2O)C(=O)c2c(O)ccc(O)c2C3=O)[C@@H]1C(=O)OC. The third-order valence-electron chi connectivity index (χ3n) is 10.8. The summed E-state index contributed by atoms with van der Waals surface area (Å²) in [6.45, 7) is 5.08. The molecule has 0 radical (unpaired) electrons. The van der Waals surface area contributed by atoms with Crippen LogP contribution < -0.4 is 0 Å². The number of carbonyl (C=O) groups excluding carboxylic acids is 3. The summed E-state index contributed by atoms with van der Waals surface area (Å²) in [7, 11) is 4.83. The third-order valence-corrected chi connectivity index (χ3v) is 10.8. The molecule has 2 fully saturated rings. The zero-order valence-corrected chi connectivity index (χ0v) is 29.2. The monoisotopic (exact) mass is 715 g/mol. The van der Waals surface area contributed by atoms with Gasteiger partial charge < -0.3 is 59.2 Å². The number of ketones is 2. The number of phenolic OH excluding ortho intramolecular Hbond substituents is 3. The number of esters is 1. The Bertz CT molecular complexity index is 1720. The van der Waals surface area contributed by atoms with E-state index >= 15 is 0 Å². The lowest BCUT2D eigenvalue weighted by Crippen LogP contribution is -2.57. The van der Waals surface area contributed by atoms with E-state index in [1.807, 2.05) is 19.0 Å². The Hall–Kier alpha value is -3.67. The van der Waals surface area contributed by atoms with Gasteiger partial charge in [0, 0.05) is 36.4 Å². The van der Waals surface area contributed by atoms with Crippen molar-refractivity contribution in [3.05, 3.63) is 51.6 Å². The predicted octanol–water partition coefficient (Wildman–Crippen LogP) is 1.74. The van der Waals surface area contributed by atoms with Crippen LogP contribution in [0.4, 0.5) is 0 Å². The molecule has 2 aliphatic heterocycles. The topological polar surface area (TPSA) is 222 Å². The number of aliphatic hydroxyl groups is 3. The van der Waals surface area contributed by atoms with Crippen molar-refractivity contribution < 1.29 is 68.7 Å². The summed E-state index contributed by atoms with van der Waals surface area (Å²) in [4.78, 5) is 42.9. The highest BCUT2D eigenvalue weighted by Gasteiger charge is 2.53. The van der Waals surface area contributed by atoms with Crippen molar-refractivity contribution in [3.63, 3.8) is 0 Å². The van der Waals surface area contributed by atoms with Gasteiger partial charge in [0.05, 0.1) is 53.8 Å². The fourth-order valence-corrected chi connectivity index (χ4v) is 8.03. The van der Waals surface area contributed by atoms with Crippen LogP contribution in [-0.4, -0.2) is 129 Å². The first-order valence-electron chi connectivity index (χ1n) is 17.0. The zero-order chi connectivity index (χ0) is 37.3. The largest absolute Gasteiger partial charge is 0.507 e. The van der Waals surface area contributed by atoms with E-state index in [9.17, 15) is 45.0 Å². The lowest BCUT2D eigenvalue weighted by molar-refractivity contribution is -0.310. The van der Waals surface area contributed by atoms with Crippen LogP contribution in [0.3, 0.4) is 0 Å². The van der Waals surface area contributed by atoms with Gasteiger partial charge in [0.15, 0.2) is 18.4 Å². The van der Waals surface area contributed by atoms with Crippen molar-refractivity contribution in [2.75, 3.05) is 21.2 Å². The minimum Gasteiger partial charge on any atom is -0.507 e. The van der Waals surface area contributed by atoms with Crippen LogP contribution in [0, 0.1) is 0 Å². The summed E-state index contributed by atoms with van der Waals surface area (Å²) in [5.74, 6) is -5.85. The number of likely N-dealkylation sites (N-methyl/N-ethyl adjacent to an activating group) is 1. The Balaban J connectivity index is 1.39. The normalized spacial score (nSPS) is 34.9. The average molecular weight is 716 g/mol. The molecule has 15 nitrogen and oxygen atoms in total. The van der Waals surface area contributed by atoms with Crippen LogP contribution in [-0.2, 0) is 28.5 Å². The summed E-state index contributed by atoms with van der Waals surface area (Å²) in [6, 6.07) is 3.04. The second kappa shape index (κ2) is 13.7. The number of fused-ring (bicyclic) bond motifs is 3. The highest BCUT2D eigenvalue weighted by atomic mass is 16.7. The number of rotatable bonds is 7. The molecule has 0 aromatic heterocycles. The molecule has 2 aliphatic carbocycles. The maximum Gasteiger partial charge on any atom is 0.316 e. The molecule has 0 bridgehead atoms. The number of carbonyl (C=O) groups is 3. The fraction of sp³-hybridized carbons (Fsp3) is 0.583. The van der Waals surface area contributed by atoms with Crippen molar-refractivity contribution in [2.45, 2.75) is 113 Å². The number of ether oxygens (including phenoxy) is 5. The Morgan fingerprint density at radius 3 is 2.14 bits per heavy atom. The van der Waals surface area contributed by atoms with Gasteiger partial charge in [-0.3, -0.25) is 14.4 Å². The Morgan fingerprint density at radius 2 is 1.55 bits per heavy atom. The fourth-order valence-electron chi connectivity index (χ4n) is 8.03. The van der Waals surface area contributed by atoms with E-state index in [1.54, 1.807) is 20.8 Å².